The standard InChI is InChI=1S/C13H18ClNO/c1-10(2)7-11-3-5-12(6-4-11)9-15-13(16)8-14/h3-6,10H,7-9H2,1-2H3,(H,15,16). The van der Waals surface area contributed by atoms with Gasteiger partial charge in [-0.3, -0.25) is 4.79 Å². The van der Waals surface area contributed by atoms with Crippen molar-refractivity contribution in [1.29, 1.82) is 0 Å². The molecular weight excluding hydrogens is 222 g/mol. The molecule has 1 aromatic carbocycles. The van der Waals surface area contributed by atoms with E-state index >= 15 is 0 Å². The molecule has 0 unspecified atom stereocenters. The topological polar surface area (TPSA) is 29.1 Å². The summed E-state index contributed by atoms with van der Waals surface area (Å²) in [5, 5.41) is 2.74. The zero-order valence-corrected chi connectivity index (χ0v) is 10.6. The first-order chi connectivity index (χ1) is 7.61. The van der Waals surface area contributed by atoms with Crippen LogP contribution in [-0.2, 0) is 17.8 Å². The fourth-order valence-corrected chi connectivity index (χ4v) is 1.61. The molecule has 0 saturated heterocycles. The minimum atomic E-state index is -0.132. The van der Waals surface area contributed by atoms with Crippen molar-refractivity contribution >= 4 is 17.5 Å². The van der Waals surface area contributed by atoms with E-state index in [1.807, 2.05) is 12.1 Å². The van der Waals surface area contributed by atoms with Crippen molar-refractivity contribution in [3.05, 3.63) is 35.4 Å². The number of hydrogen-bond donors (Lipinski definition) is 1. The Morgan fingerprint density at radius 2 is 1.81 bits per heavy atom. The van der Waals surface area contributed by atoms with E-state index in [1.54, 1.807) is 0 Å². The van der Waals surface area contributed by atoms with Crippen LogP contribution < -0.4 is 5.32 Å². The van der Waals surface area contributed by atoms with Crippen LogP contribution in [0.4, 0.5) is 0 Å². The molecule has 2 nitrogen and oxygen atoms in total. The van der Waals surface area contributed by atoms with Crippen molar-refractivity contribution in [2.75, 3.05) is 5.88 Å². The molecule has 3 heteroatoms. The van der Waals surface area contributed by atoms with E-state index in [2.05, 4.69) is 31.3 Å². The Kier molecular flexibility index (Phi) is 5.33. The summed E-state index contributed by atoms with van der Waals surface area (Å²) < 4.78 is 0. The van der Waals surface area contributed by atoms with Crippen LogP contribution in [0.2, 0.25) is 0 Å². The number of carbonyl (C=O) groups excluding carboxylic acids is 1. The summed E-state index contributed by atoms with van der Waals surface area (Å²) in [4.78, 5) is 11.0. The fraction of sp³-hybridized carbons (Fsp3) is 0.462. The first kappa shape index (κ1) is 13.0. The SMILES string of the molecule is CC(C)Cc1ccc(CNC(=O)CCl)cc1. The second-order valence-corrected chi connectivity index (χ2v) is 4.59. The molecular formula is C13H18ClNO. The lowest BCUT2D eigenvalue weighted by molar-refractivity contribution is -0.118. The Labute approximate surface area is 102 Å². The van der Waals surface area contributed by atoms with E-state index in [9.17, 15) is 4.79 Å². The van der Waals surface area contributed by atoms with Gasteiger partial charge in [-0.1, -0.05) is 38.1 Å². The van der Waals surface area contributed by atoms with Crippen molar-refractivity contribution in [3.8, 4) is 0 Å². The molecule has 0 radical (unpaired) electrons. The molecule has 1 N–H and O–H groups in total. The number of alkyl halides is 1. The van der Waals surface area contributed by atoms with Crippen LogP contribution in [0.15, 0.2) is 24.3 Å². The number of halogens is 1. The third kappa shape index (κ3) is 4.67. The third-order valence-corrected chi connectivity index (χ3v) is 2.52. The molecule has 88 valence electrons. The summed E-state index contributed by atoms with van der Waals surface area (Å²) in [6.45, 7) is 4.96. The van der Waals surface area contributed by atoms with Crippen LogP contribution in [0.25, 0.3) is 0 Å². The van der Waals surface area contributed by atoms with Gasteiger partial charge in [0.05, 0.1) is 0 Å². The highest BCUT2D eigenvalue weighted by atomic mass is 35.5. The molecule has 0 fully saturated rings. The summed E-state index contributed by atoms with van der Waals surface area (Å²) in [6, 6.07) is 8.32. The highest BCUT2D eigenvalue weighted by molar-refractivity contribution is 6.27. The van der Waals surface area contributed by atoms with Gasteiger partial charge in [0.2, 0.25) is 5.91 Å². The molecule has 0 spiro atoms. The lowest BCUT2D eigenvalue weighted by atomic mass is 10.0. The first-order valence-electron chi connectivity index (χ1n) is 5.52. The Hall–Kier alpha value is -1.02. The van der Waals surface area contributed by atoms with E-state index in [4.69, 9.17) is 11.6 Å². The Balaban J connectivity index is 2.48. The molecule has 16 heavy (non-hydrogen) atoms. The average Bonchev–Trinajstić information content (AvgIpc) is 2.27. The normalized spacial score (nSPS) is 10.5. The van der Waals surface area contributed by atoms with Crippen molar-refractivity contribution in [2.24, 2.45) is 5.92 Å². The van der Waals surface area contributed by atoms with E-state index < -0.39 is 0 Å². The minimum Gasteiger partial charge on any atom is -0.351 e. The predicted octanol–water partition coefficient (Wildman–Crippen LogP) is 2.74. The maximum Gasteiger partial charge on any atom is 0.235 e. The number of rotatable bonds is 5. The predicted molar refractivity (Wildman–Crippen MR) is 67.6 cm³/mol. The molecule has 0 heterocycles. The second kappa shape index (κ2) is 6.54. The Bertz CT molecular complexity index is 332. The van der Waals surface area contributed by atoms with Crippen LogP contribution in [0.3, 0.4) is 0 Å². The molecule has 0 aromatic heterocycles. The third-order valence-electron chi connectivity index (χ3n) is 2.28. The van der Waals surface area contributed by atoms with E-state index in [0.717, 1.165) is 12.0 Å². The van der Waals surface area contributed by atoms with Crippen molar-refractivity contribution in [3.63, 3.8) is 0 Å². The number of hydrogen-bond acceptors (Lipinski definition) is 1. The maximum absolute atomic E-state index is 11.0. The molecule has 1 rings (SSSR count). The van der Waals surface area contributed by atoms with Gasteiger partial charge in [-0.25, -0.2) is 0 Å². The van der Waals surface area contributed by atoms with Crippen LogP contribution in [0.1, 0.15) is 25.0 Å². The van der Waals surface area contributed by atoms with Gasteiger partial charge in [-0.15, -0.1) is 11.6 Å². The number of nitrogens with one attached hydrogen (secondary N) is 1. The van der Waals surface area contributed by atoms with Gasteiger partial charge in [0.1, 0.15) is 5.88 Å². The van der Waals surface area contributed by atoms with Gasteiger partial charge in [0.15, 0.2) is 0 Å². The summed E-state index contributed by atoms with van der Waals surface area (Å²) in [5.41, 5.74) is 2.44. The lowest BCUT2D eigenvalue weighted by Crippen LogP contribution is -2.23. The van der Waals surface area contributed by atoms with E-state index in [1.165, 1.54) is 5.56 Å². The quantitative estimate of drug-likeness (QED) is 0.787. The van der Waals surface area contributed by atoms with E-state index in [0.29, 0.717) is 12.5 Å². The summed E-state index contributed by atoms with van der Waals surface area (Å²) in [6.07, 6.45) is 1.09. The van der Waals surface area contributed by atoms with Gasteiger partial charge in [0, 0.05) is 6.54 Å². The first-order valence-corrected chi connectivity index (χ1v) is 6.05. The Morgan fingerprint density at radius 3 is 2.31 bits per heavy atom. The van der Waals surface area contributed by atoms with Crippen LogP contribution in [0.5, 0.6) is 0 Å². The zero-order valence-electron chi connectivity index (χ0n) is 9.79. The van der Waals surface area contributed by atoms with Crippen LogP contribution in [0, 0.1) is 5.92 Å². The van der Waals surface area contributed by atoms with Crippen LogP contribution >= 0.6 is 11.6 Å². The smallest absolute Gasteiger partial charge is 0.235 e. The highest BCUT2D eigenvalue weighted by Crippen LogP contribution is 2.09. The molecule has 0 atom stereocenters. The van der Waals surface area contributed by atoms with Gasteiger partial charge >= 0.3 is 0 Å². The molecule has 0 aliphatic carbocycles. The summed E-state index contributed by atoms with van der Waals surface area (Å²) >= 11 is 5.39. The number of carbonyl (C=O) groups is 1. The molecule has 1 aromatic rings. The molecule has 0 saturated carbocycles. The molecule has 1 amide bonds. The minimum absolute atomic E-state index is 0.0193. The van der Waals surface area contributed by atoms with Gasteiger partial charge in [-0.2, -0.15) is 0 Å². The highest BCUT2D eigenvalue weighted by Gasteiger charge is 2.00. The monoisotopic (exact) mass is 239 g/mol. The van der Waals surface area contributed by atoms with Gasteiger partial charge < -0.3 is 5.32 Å². The second-order valence-electron chi connectivity index (χ2n) is 4.32. The summed E-state index contributed by atoms with van der Waals surface area (Å²) in [5.74, 6) is 0.556. The largest absolute Gasteiger partial charge is 0.351 e. The van der Waals surface area contributed by atoms with Gasteiger partial charge in [-0.05, 0) is 23.5 Å². The molecule has 0 aliphatic heterocycles. The fourth-order valence-electron chi connectivity index (χ4n) is 1.51. The number of benzene rings is 1. The lowest BCUT2D eigenvalue weighted by Gasteiger charge is -2.07. The molecule has 0 bridgehead atoms. The molecule has 0 aliphatic rings. The Morgan fingerprint density at radius 1 is 1.25 bits per heavy atom. The van der Waals surface area contributed by atoms with E-state index in [-0.39, 0.29) is 11.8 Å². The maximum atomic E-state index is 11.0. The summed E-state index contributed by atoms with van der Waals surface area (Å²) in [7, 11) is 0. The van der Waals surface area contributed by atoms with Crippen molar-refractivity contribution in [1.82, 2.24) is 5.32 Å². The number of amides is 1. The van der Waals surface area contributed by atoms with Crippen LogP contribution in [-0.4, -0.2) is 11.8 Å². The zero-order chi connectivity index (χ0) is 12.0. The van der Waals surface area contributed by atoms with Crippen molar-refractivity contribution < 1.29 is 4.79 Å². The van der Waals surface area contributed by atoms with Crippen molar-refractivity contribution in [2.45, 2.75) is 26.8 Å². The van der Waals surface area contributed by atoms with Gasteiger partial charge in [0.25, 0.3) is 0 Å². The average molecular weight is 240 g/mol.